The number of hydrogen-bond donors (Lipinski definition) is 2. The summed E-state index contributed by atoms with van der Waals surface area (Å²) >= 11 is 0. The molecular weight excluding hydrogens is 325 g/mol. The number of rotatable bonds is 7. The fourth-order valence-corrected chi connectivity index (χ4v) is 2.96. The number of halogens is 1. The maximum atomic E-state index is 12.9. The lowest BCUT2D eigenvalue weighted by molar-refractivity contribution is -0.137. The number of nitrogens with one attached hydrogen (secondary N) is 2. The predicted octanol–water partition coefficient (Wildman–Crippen LogP) is 0.670. The third-order valence-electron chi connectivity index (χ3n) is 4.80. The molecule has 1 saturated heterocycles. The van der Waals surface area contributed by atoms with Gasteiger partial charge in [0.15, 0.2) is 0 Å². The molecule has 0 aromatic heterocycles. The summed E-state index contributed by atoms with van der Waals surface area (Å²) in [4.78, 5) is 27.0. The van der Waals surface area contributed by atoms with Crippen molar-refractivity contribution in [3.05, 3.63) is 35.6 Å². The molecule has 6 nitrogen and oxygen atoms in total. The van der Waals surface area contributed by atoms with Crippen LogP contribution in [0.2, 0.25) is 0 Å². The van der Waals surface area contributed by atoms with E-state index < -0.39 is 5.41 Å². The van der Waals surface area contributed by atoms with Crippen LogP contribution >= 0.6 is 0 Å². The molecule has 1 aliphatic carbocycles. The van der Waals surface area contributed by atoms with Gasteiger partial charge >= 0.3 is 0 Å². The van der Waals surface area contributed by atoms with E-state index in [1.54, 1.807) is 12.1 Å². The van der Waals surface area contributed by atoms with Crippen LogP contribution < -0.4 is 10.6 Å². The molecule has 0 atom stereocenters. The van der Waals surface area contributed by atoms with E-state index in [1.807, 2.05) is 0 Å². The molecule has 2 fully saturated rings. The van der Waals surface area contributed by atoms with Crippen molar-refractivity contribution in [2.75, 3.05) is 39.4 Å². The van der Waals surface area contributed by atoms with Gasteiger partial charge in [0.2, 0.25) is 11.8 Å². The average Bonchev–Trinajstić information content (AvgIpc) is 3.44. The summed E-state index contributed by atoms with van der Waals surface area (Å²) in [6.45, 7) is 4.79. The molecule has 2 N–H and O–H groups in total. The van der Waals surface area contributed by atoms with Gasteiger partial charge in [-0.3, -0.25) is 14.5 Å². The van der Waals surface area contributed by atoms with Gasteiger partial charge < -0.3 is 15.4 Å². The van der Waals surface area contributed by atoms with E-state index >= 15 is 0 Å². The van der Waals surface area contributed by atoms with Crippen LogP contribution in [0.25, 0.3) is 0 Å². The standard InChI is InChI=1S/C18H24FN3O3/c19-15-3-1-14(2-4-15)13-21-17(24)18(5-6-18)16(23)20-7-8-22-9-11-25-12-10-22/h1-4H,5-13H2,(H,20,23)(H,21,24). The number of benzene rings is 1. The van der Waals surface area contributed by atoms with Crippen LogP contribution in [0.15, 0.2) is 24.3 Å². The van der Waals surface area contributed by atoms with Crippen LogP contribution in [0.3, 0.4) is 0 Å². The Labute approximate surface area is 146 Å². The van der Waals surface area contributed by atoms with Crippen molar-refractivity contribution in [1.82, 2.24) is 15.5 Å². The summed E-state index contributed by atoms with van der Waals surface area (Å²) in [5.74, 6) is -0.758. The molecule has 1 heterocycles. The monoisotopic (exact) mass is 349 g/mol. The Kier molecular flexibility index (Phi) is 5.65. The first-order chi connectivity index (χ1) is 12.1. The van der Waals surface area contributed by atoms with Crippen LogP contribution in [0.4, 0.5) is 4.39 Å². The highest BCUT2D eigenvalue weighted by Gasteiger charge is 2.56. The second-order valence-electron chi connectivity index (χ2n) is 6.60. The largest absolute Gasteiger partial charge is 0.379 e. The highest BCUT2D eigenvalue weighted by atomic mass is 19.1. The third kappa shape index (κ3) is 4.55. The zero-order valence-electron chi connectivity index (χ0n) is 14.2. The summed E-state index contributed by atoms with van der Waals surface area (Å²) in [6, 6.07) is 5.95. The minimum absolute atomic E-state index is 0.197. The van der Waals surface area contributed by atoms with E-state index in [9.17, 15) is 14.0 Å². The number of amides is 2. The Morgan fingerprint density at radius 1 is 1.08 bits per heavy atom. The number of morpholine rings is 1. The van der Waals surface area contributed by atoms with Crippen LogP contribution in [0, 0.1) is 11.2 Å². The Hall–Kier alpha value is -1.99. The van der Waals surface area contributed by atoms with Crippen molar-refractivity contribution in [1.29, 1.82) is 0 Å². The lowest BCUT2D eigenvalue weighted by atomic mass is 10.0. The fourth-order valence-electron chi connectivity index (χ4n) is 2.96. The van der Waals surface area contributed by atoms with Gasteiger partial charge in [0.1, 0.15) is 11.2 Å². The molecule has 7 heteroatoms. The second kappa shape index (κ2) is 7.93. The molecule has 1 aliphatic heterocycles. The minimum atomic E-state index is -0.926. The Balaban J connectivity index is 1.43. The second-order valence-corrected chi connectivity index (χ2v) is 6.60. The predicted molar refractivity (Wildman–Crippen MR) is 90.2 cm³/mol. The van der Waals surface area contributed by atoms with E-state index in [1.165, 1.54) is 12.1 Å². The van der Waals surface area contributed by atoms with Gasteiger partial charge in [0.05, 0.1) is 13.2 Å². The highest BCUT2D eigenvalue weighted by Crippen LogP contribution is 2.46. The smallest absolute Gasteiger partial charge is 0.235 e. The summed E-state index contributed by atoms with van der Waals surface area (Å²) in [6.07, 6.45) is 1.15. The zero-order chi connectivity index (χ0) is 17.7. The number of carbonyl (C=O) groups excluding carboxylic acids is 2. The van der Waals surface area contributed by atoms with Crippen LogP contribution in [-0.4, -0.2) is 56.1 Å². The van der Waals surface area contributed by atoms with E-state index in [0.29, 0.717) is 25.9 Å². The molecule has 0 unspecified atom stereocenters. The van der Waals surface area contributed by atoms with Crippen LogP contribution in [0.1, 0.15) is 18.4 Å². The van der Waals surface area contributed by atoms with E-state index in [-0.39, 0.29) is 17.6 Å². The molecule has 2 amide bonds. The van der Waals surface area contributed by atoms with Crippen molar-refractivity contribution in [3.63, 3.8) is 0 Å². The lowest BCUT2D eigenvalue weighted by Gasteiger charge is -2.26. The van der Waals surface area contributed by atoms with Crippen molar-refractivity contribution < 1.29 is 18.7 Å². The van der Waals surface area contributed by atoms with Gasteiger partial charge in [-0.2, -0.15) is 0 Å². The molecular formula is C18H24FN3O3. The molecule has 1 saturated carbocycles. The average molecular weight is 349 g/mol. The molecule has 25 heavy (non-hydrogen) atoms. The Morgan fingerprint density at radius 3 is 2.36 bits per heavy atom. The normalized spacial score (nSPS) is 19.2. The van der Waals surface area contributed by atoms with Crippen molar-refractivity contribution in [2.24, 2.45) is 5.41 Å². The first-order valence-corrected chi connectivity index (χ1v) is 8.71. The lowest BCUT2D eigenvalue weighted by Crippen LogP contribution is -2.46. The summed E-state index contributed by atoms with van der Waals surface area (Å²) < 4.78 is 18.2. The van der Waals surface area contributed by atoms with Gasteiger partial charge in [-0.15, -0.1) is 0 Å². The first-order valence-electron chi connectivity index (χ1n) is 8.71. The summed E-state index contributed by atoms with van der Waals surface area (Å²) in [5.41, 5.74) is -0.122. The molecule has 1 aromatic rings. The third-order valence-corrected chi connectivity index (χ3v) is 4.80. The molecule has 0 bridgehead atoms. The topological polar surface area (TPSA) is 70.7 Å². The highest BCUT2D eigenvalue weighted by molar-refractivity contribution is 6.07. The summed E-state index contributed by atoms with van der Waals surface area (Å²) in [5, 5.41) is 5.68. The minimum Gasteiger partial charge on any atom is -0.379 e. The van der Waals surface area contributed by atoms with Crippen LogP contribution in [-0.2, 0) is 20.9 Å². The maximum absolute atomic E-state index is 12.9. The number of nitrogens with zero attached hydrogens (tertiary/aromatic N) is 1. The quantitative estimate of drug-likeness (QED) is 0.710. The maximum Gasteiger partial charge on any atom is 0.235 e. The number of carbonyl (C=O) groups is 2. The van der Waals surface area contributed by atoms with Gasteiger partial charge in [-0.25, -0.2) is 4.39 Å². The van der Waals surface area contributed by atoms with E-state index in [0.717, 1.165) is 38.4 Å². The van der Waals surface area contributed by atoms with Crippen molar-refractivity contribution >= 4 is 11.8 Å². The van der Waals surface area contributed by atoms with Crippen molar-refractivity contribution in [2.45, 2.75) is 19.4 Å². The molecule has 136 valence electrons. The summed E-state index contributed by atoms with van der Waals surface area (Å²) in [7, 11) is 0. The zero-order valence-corrected chi connectivity index (χ0v) is 14.2. The molecule has 3 rings (SSSR count). The molecule has 0 radical (unpaired) electrons. The SMILES string of the molecule is O=C(NCCN1CCOCC1)C1(C(=O)NCc2ccc(F)cc2)CC1. The Morgan fingerprint density at radius 2 is 1.72 bits per heavy atom. The van der Waals surface area contributed by atoms with E-state index in [2.05, 4.69) is 15.5 Å². The van der Waals surface area contributed by atoms with Crippen molar-refractivity contribution in [3.8, 4) is 0 Å². The molecule has 1 aromatic carbocycles. The van der Waals surface area contributed by atoms with Gasteiger partial charge in [0.25, 0.3) is 0 Å². The number of hydrogen-bond acceptors (Lipinski definition) is 4. The first kappa shape index (κ1) is 17.8. The van der Waals surface area contributed by atoms with Crippen LogP contribution in [0.5, 0.6) is 0 Å². The number of ether oxygens (including phenoxy) is 1. The van der Waals surface area contributed by atoms with Gasteiger partial charge in [-0.1, -0.05) is 12.1 Å². The molecule has 2 aliphatic rings. The van der Waals surface area contributed by atoms with E-state index in [4.69, 9.17) is 4.74 Å². The molecule has 0 spiro atoms. The van der Waals surface area contributed by atoms with Gasteiger partial charge in [0, 0.05) is 32.7 Å². The fraction of sp³-hybridized carbons (Fsp3) is 0.556. The van der Waals surface area contributed by atoms with Gasteiger partial charge in [-0.05, 0) is 30.5 Å². The Bertz CT molecular complexity index is 610.